The molecule has 1 heterocycles. The zero-order valence-electron chi connectivity index (χ0n) is 11.3. The van der Waals surface area contributed by atoms with Crippen LogP contribution in [0.5, 0.6) is 5.75 Å². The second-order valence-electron chi connectivity index (χ2n) is 3.96. The van der Waals surface area contributed by atoms with Crippen LogP contribution in [0.25, 0.3) is 0 Å². The average molecular weight is 332 g/mol. The lowest BCUT2D eigenvalue weighted by Crippen LogP contribution is -2.16. The van der Waals surface area contributed by atoms with Crippen molar-refractivity contribution in [2.24, 2.45) is 0 Å². The first-order valence-electron chi connectivity index (χ1n) is 6.13. The van der Waals surface area contributed by atoms with Crippen molar-refractivity contribution in [3.8, 4) is 5.75 Å². The van der Waals surface area contributed by atoms with E-state index in [0.717, 1.165) is 0 Å². The Hall–Kier alpha value is -2.29. The monoisotopic (exact) mass is 332 g/mol. The van der Waals surface area contributed by atoms with E-state index in [0.29, 0.717) is 10.8 Å². The smallest absolute Gasteiger partial charge is 0.461 e. The molecule has 0 saturated heterocycles. The lowest BCUT2D eigenvalue weighted by atomic mass is 10.3. The summed E-state index contributed by atoms with van der Waals surface area (Å²) in [5, 5.41) is 4.83. The minimum absolute atomic E-state index is 0.173. The van der Waals surface area contributed by atoms with Gasteiger partial charge >= 0.3 is 12.3 Å². The Balaban J connectivity index is 2.00. The number of carbonyl (C=O) groups excluding carboxylic acids is 1. The molecule has 0 unspecified atom stereocenters. The van der Waals surface area contributed by atoms with Gasteiger partial charge in [-0.1, -0.05) is 0 Å². The fourth-order valence-electron chi connectivity index (χ4n) is 1.49. The molecular weight excluding hydrogens is 321 g/mol. The van der Waals surface area contributed by atoms with Crippen LogP contribution in [0.4, 0.5) is 24.0 Å². The average Bonchev–Trinajstić information content (AvgIpc) is 2.88. The van der Waals surface area contributed by atoms with Crippen LogP contribution in [-0.4, -0.2) is 23.9 Å². The normalized spacial score (nSPS) is 11.1. The van der Waals surface area contributed by atoms with Crippen molar-refractivity contribution >= 4 is 28.1 Å². The number of thiazole rings is 1. The van der Waals surface area contributed by atoms with Crippen molar-refractivity contribution in [3.63, 3.8) is 0 Å². The van der Waals surface area contributed by atoms with Crippen LogP contribution in [-0.2, 0) is 4.74 Å². The Bertz CT molecular complexity index is 641. The molecule has 0 aliphatic carbocycles. The number of hydrogen-bond acceptors (Lipinski definition) is 6. The largest absolute Gasteiger partial charge is 0.573 e. The van der Waals surface area contributed by atoms with Crippen molar-refractivity contribution in [3.05, 3.63) is 35.3 Å². The number of halogens is 3. The Morgan fingerprint density at radius 3 is 2.59 bits per heavy atom. The Labute approximate surface area is 127 Å². The van der Waals surface area contributed by atoms with Gasteiger partial charge in [-0.3, -0.25) is 0 Å². The van der Waals surface area contributed by atoms with E-state index in [1.54, 1.807) is 6.92 Å². The number of rotatable bonds is 5. The number of nitrogens with zero attached hydrogens (tertiary/aromatic N) is 1. The summed E-state index contributed by atoms with van der Waals surface area (Å²) >= 11 is 1.18. The molecule has 0 radical (unpaired) electrons. The predicted octanol–water partition coefficient (Wildman–Crippen LogP) is 3.96. The zero-order valence-corrected chi connectivity index (χ0v) is 12.1. The van der Waals surface area contributed by atoms with E-state index >= 15 is 0 Å². The van der Waals surface area contributed by atoms with Gasteiger partial charge in [0.2, 0.25) is 0 Å². The molecule has 1 N–H and O–H groups in total. The molecule has 0 atom stereocenters. The van der Waals surface area contributed by atoms with Crippen LogP contribution in [0.3, 0.4) is 0 Å². The molecule has 0 aliphatic heterocycles. The number of aromatic nitrogens is 1. The second kappa shape index (κ2) is 6.65. The SMILES string of the molecule is CCOC(=O)c1csc(Nc2ccc(OC(F)(F)F)cc2)n1. The molecule has 0 spiro atoms. The highest BCUT2D eigenvalue weighted by Gasteiger charge is 2.30. The van der Waals surface area contributed by atoms with Crippen molar-refractivity contribution < 1.29 is 27.4 Å². The summed E-state index contributed by atoms with van der Waals surface area (Å²) in [5.74, 6) is -0.842. The van der Waals surface area contributed by atoms with E-state index in [-0.39, 0.29) is 18.1 Å². The summed E-state index contributed by atoms with van der Waals surface area (Å²) in [6.07, 6.45) is -4.72. The first kappa shape index (κ1) is 16.1. The van der Waals surface area contributed by atoms with Gasteiger partial charge in [0.25, 0.3) is 0 Å². The van der Waals surface area contributed by atoms with Gasteiger partial charge < -0.3 is 14.8 Å². The number of hydrogen-bond donors (Lipinski definition) is 1. The van der Waals surface area contributed by atoms with Gasteiger partial charge in [-0.15, -0.1) is 24.5 Å². The second-order valence-corrected chi connectivity index (χ2v) is 4.81. The molecule has 1 aromatic heterocycles. The molecule has 5 nitrogen and oxygen atoms in total. The molecular formula is C13H11F3N2O3S. The van der Waals surface area contributed by atoms with Crippen LogP contribution in [0.15, 0.2) is 29.6 Å². The summed E-state index contributed by atoms with van der Waals surface area (Å²) in [5.41, 5.74) is 0.686. The van der Waals surface area contributed by atoms with Crippen LogP contribution in [0.1, 0.15) is 17.4 Å². The van der Waals surface area contributed by atoms with Crippen molar-refractivity contribution in [2.75, 3.05) is 11.9 Å². The topological polar surface area (TPSA) is 60.5 Å². The first-order valence-corrected chi connectivity index (χ1v) is 7.01. The van der Waals surface area contributed by atoms with Crippen LogP contribution in [0, 0.1) is 0 Å². The van der Waals surface area contributed by atoms with E-state index in [1.807, 2.05) is 0 Å². The predicted molar refractivity (Wildman–Crippen MR) is 74.5 cm³/mol. The van der Waals surface area contributed by atoms with Gasteiger partial charge in [0.1, 0.15) is 5.75 Å². The van der Waals surface area contributed by atoms with E-state index in [1.165, 1.54) is 41.0 Å². The fraction of sp³-hybridized carbons (Fsp3) is 0.231. The number of carbonyl (C=O) groups is 1. The molecule has 1 aromatic carbocycles. The summed E-state index contributed by atoms with van der Waals surface area (Å²) in [6, 6.07) is 5.17. The van der Waals surface area contributed by atoms with Gasteiger partial charge in [0.05, 0.1) is 6.61 Å². The van der Waals surface area contributed by atoms with Crippen LogP contribution in [0.2, 0.25) is 0 Å². The van der Waals surface area contributed by atoms with Crippen LogP contribution < -0.4 is 10.1 Å². The number of ether oxygens (including phenoxy) is 2. The van der Waals surface area contributed by atoms with Gasteiger partial charge in [-0.25, -0.2) is 9.78 Å². The number of esters is 1. The number of alkyl halides is 3. The van der Waals surface area contributed by atoms with Gasteiger partial charge in [-0.05, 0) is 31.2 Å². The lowest BCUT2D eigenvalue weighted by molar-refractivity contribution is -0.274. The maximum Gasteiger partial charge on any atom is 0.573 e. The maximum absolute atomic E-state index is 12.0. The number of nitrogens with one attached hydrogen (secondary N) is 1. The summed E-state index contributed by atoms with van der Waals surface area (Å²) in [6.45, 7) is 1.94. The Kier molecular flexibility index (Phi) is 4.86. The maximum atomic E-state index is 12.0. The summed E-state index contributed by atoms with van der Waals surface area (Å²) in [4.78, 5) is 15.5. The summed E-state index contributed by atoms with van der Waals surface area (Å²) < 4.78 is 44.7. The third kappa shape index (κ3) is 4.62. The van der Waals surface area contributed by atoms with Gasteiger partial charge in [0.15, 0.2) is 10.8 Å². The number of benzene rings is 1. The van der Waals surface area contributed by atoms with E-state index in [4.69, 9.17) is 4.74 Å². The molecule has 0 saturated carbocycles. The Morgan fingerprint density at radius 2 is 2.00 bits per heavy atom. The fourth-order valence-corrected chi connectivity index (χ4v) is 2.19. The highest BCUT2D eigenvalue weighted by atomic mass is 32.1. The van der Waals surface area contributed by atoms with Crippen LogP contribution >= 0.6 is 11.3 Å². The highest BCUT2D eigenvalue weighted by molar-refractivity contribution is 7.14. The molecule has 0 amide bonds. The molecule has 2 rings (SSSR count). The van der Waals surface area contributed by atoms with Gasteiger partial charge in [-0.2, -0.15) is 0 Å². The van der Waals surface area contributed by atoms with E-state index < -0.39 is 12.3 Å². The standard InChI is InChI=1S/C13H11F3N2O3S/c1-2-20-11(19)10-7-22-12(18-10)17-8-3-5-9(6-4-8)21-13(14,15)16/h3-7H,2H2,1H3,(H,17,18). The zero-order chi connectivity index (χ0) is 16.2. The number of anilines is 2. The molecule has 2 aromatic rings. The van der Waals surface area contributed by atoms with Crippen molar-refractivity contribution in [2.45, 2.75) is 13.3 Å². The quantitative estimate of drug-likeness (QED) is 0.840. The molecule has 118 valence electrons. The summed E-state index contributed by atoms with van der Waals surface area (Å²) in [7, 11) is 0. The minimum atomic E-state index is -4.72. The minimum Gasteiger partial charge on any atom is -0.461 e. The van der Waals surface area contributed by atoms with Crippen molar-refractivity contribution in [1.29, 1.82) is 0 Å². The first-order chi connectivity index (χ1) is 10.4. The highest BCUT2D eigenvalue weighted by Crippen LogP contribution is 2.26. The third-order valence-electron chi connectivity index (χ3n) is 2.33. The Morgan fingerprint density at radius 1 is 1.32 bits per heavy atom. The molecule has 0 fully saturated rings. The lowest BCUT2D eigenvalue weighted by Gasteiger charge is -2.09. The molecule has 0 aliphatic rings. The van der Waals surface area contributed by atoms with Crippen molar-refractivity contribution in [1.82, 2.24) is 4.98 Å². The molecule has 0 bridgehead atoms. The van der Waals surface area contributed by atoms with E-state index in [9.17, 15) is 18.0 Å². The molecule has 22 heavy (non-hydrogen) atoms. The van der Waals surface area contributed by atoms with Gasteiger partial charge in [0, 0.05) is 11.1 Å². The third-order valence-corrected chi connectivity index (χ3v) is 3.09. The molecule has 9 heteroatoms. The van der Waals surface area contributed by atoms with E-state index in [2.05, 4.69) is 15.0 Å².